The molecule has 8 heteroatoms. The number of amides is 1. The molecule has 24 heavy (non-hydrogen) atoms. The van der Waals surface area contributed by atoms with Crippen LogP contribution in [0.1, 0.15) is 33.1 Å². The number of halogens is 1. The van der Waals surface area contributed by atoms with Gasteiger partial charge >= 0.3 is 0 Å². The van der Waals surface area contributed by atoms with E-state index < -0.39 is 15.8 Å². The van der Waals surface area contributed by atoms with Crippen molar-refractivity contribution in [3.63, 3.8) is 0 Å². The molecule has 5 nitrogen and oxygen atoms in total. The Labute approximate surface area is 147 Å². The topological polar surface area (TPSA) is 66.5 Å². The summed E-state index contributed by atoms with van der Waals surface area (Å²) in [5.41, 5.74) is 0.401. The first-order chi connectivity index (χ1) is 11.3. The highest BCUT2D eigenvalue weighted by Gasteiger charge is 2.29. The normalized spacial score (nSPS) is 17.7. The molecule has 1 N–H and O–H groups in total. The molecular formula is C16H23FN2O3S2. The molecule has 134 valence electrons. The number of nitrogens with zero attached hydrogens (tertiary/aromatic N) is 1. The van der Waals surface area contributed by atoms with Crippen molar-refractivity contribution in [1.29, 1.82) is 0 Å². The average Bonchev–Trinajstić information content (AvgIpc) is 2.89. The molecule has 1 aliphatic heterocycles. The van der Waals surface area contributed by atoms with E-state index in [2.05, 4.69) is 12.2 Å². The third kappa shape index (κ3) is 4.63. The number of anilines is 2. The first kappa shape index (κ1) is 19.1. The van der Waals surface area contributed by atoms with E-state index in [1.54, 1.807) is 6.92 Å². The molecule has 0 saturated carbocycles. The minimum absolute atomic E-state index is 0.0162. The number of carbonyl (C=O) groups excluding carboxylic acids is 1. The second-order valence-corrected chi connectivity index (χ2v) is 9.22. The van der Waals surface area contributed by atoms with Gasteiger partial charge in [-0.25, -0.2) is 12.8 Å². The number of hydrogen-bond acceptors (Lipinski definition) is 4. The van der Waals surface area contributed by atoms with Crippen LogP contribution >= 0.6 is 11.8 Å². The Morgan fingerprint density at radius 2 is 2.21 bits per heavy atom. The van der Waals surface area contributed by atoms with Gasteiger partial charge in [0.05, 0.1) is 22.4 Å². The van der Waals surface area contributed by atoms with E-state index in [1.807, 2.05) is 0 Å². The summed E-state index contributed by atoms with van der Waals surface area (Å²) in [4.78, 5) is 12.2. The Balaban J connectivity index is 2.10. The fourth-order valence-electron chi connectivity index (χ4n) is 2.41. The van der Waals surface area contributed by atoms with Crippen LogP contribution in [0.4, 0.5) is 15.8 Å². The Bertz CT molecular complexity index is 695. The lowest BCUT2D eigenvalue weighted by atomic mass is 10.2. The molecule has 1 aliphatic rings. The van der Waals surface area contributed by atoms with Crippen molar-refractivity contribution in [2.24, 2.45) is 0 Å². The van der Waals surface area contributed by atoms with Crippen LogP contribution in [0.25, 0.3) is 0 Å². The summed E-state index contributed by atoms with van der Waals surface area (Å²) in [6.45, 7) is 4.24. The Kier molecular flexibility index (Phi) is 6.51. The number of rotatable bonds is 7. The summed E-state index contributed by atoms with van der Waals surface area (Å²) >= 11 is 1.52. The van der Waals surface area contributed by atoms with Crippen molar-refractivity contribution in [3.05, 3.63) is 24.0 Å². The fraction of sp³-hybridized carbons (Fsp3) is 0.562. The van der Waals surface area contributed by atoms with E-state index in [9.17, 15) is 17.6 Å². The molecular weight excluding hydrogens is 351 g/mol. The lowest BCUT2D eigenvalue weighted by Gasteiger charge is -2.19. The SMILES string of the molecule is CCCCSC(C)C(=O)Nc1cc(N2CCCS2(=O)=O)ccc1F. The van der Waals surface area contributed by atoms with Crippen LogP contribution < -0.4 is 9.62 Å². The quantitative estimate of drug-likeness (QED) is 0.744. The van der Waals surface area contributed by atoms with Gasteiger partial charge in [-0.05, 0) is 43.7 Å². The molecule has 1 amide bonds. The maximum Gasteiger partial charge on any atom is 0.237 e. The lowest BCUT2D eigenvalue weighted by Crippen LogP contribution is -2.26. The van der Waals surface area contributed by atoms with Gasteiger partial charge in [0, 0.05) is 6.54 Å². The number of nitrogens with one attached hydrogen (secondary N) is 1. The average molecular weight is 375 g/mol. The lowest BCUT2D eigenvalue weighted by molar-refractivity contribution is -0.115. The molecule has 1 aromatic carbocycles. The fourth-order valence-corrected chi connectivity index (χ4v) is 4.98. The number of sulfonamides is 1. The second kappa shape index (κ2) is 8.20. The maximum atomic E-state index is 14.0. The number of carbonyl (C=O) groups is 1. The van der Waals surface area contributed by atoms with Crippen LogP contribution in [-0.4, -0.2) is 37.6 Å². The molecule has 0 spiro atoms. The monoisotopic (exact) mass is 374 g/mol. The van der Waals surface area contributed by atoms with Crippen LogP contribution in [0.3, 0.4) is 0 Å². The molecule has 2 rings (SSSR count). The van der Waals surface area contributed by atoms with Crippen LogP contribution in [0.5, 0.6) is 0 Å². The Hall–Kier alpha value is -1.28. The zero-order chi connectivity index (χ0) is 17.7. The molecule has 0 aromatic heterocycles. The first-order valence-electron chi connectivity index (χ1n) is 8.07. The second-order valence-electron chi connectivity index (χ2n) is 5.76. The van der Waals surface area contributed by atoms with Gasteiger partial charge in [-0.1, -0.05) is 13.3 Å². The standard InChI is InChI=1S/C16H23FN2O3S2/c1-3-4-9-23-12(2)16(20)18-15-11-13(6-7-14(15)17)19-8-5-10-24(19,21)22/h6-7,11-12H,3-5,8-10H2,1-2H3,(H,18,20). The predicted molar refractivity (Wildman–Crippen MR) is 97.6 cm³/mol. The summed E-state index contributed by atoms with van der Waals surface area (Å²) in [5.74, 6) is 0.113. The van der Waals surface area contributed by atoms with Crippen molar-refractivity contribution in [3.8, 4) is 0 Å². The van der Waals surface area contributed by atoms with Crippen LogP contribution in [0.2, 0.25) is 0 Å². The molecule has 1 fully saturated rings. The Morgan fingerprint density at radius 3 is 2.83 bits per heavy atom. The third-order valence-electron chi connectivity index (χ3n) is 3.83. The van der Waals surface area contributed by atoms with E-state index in [1.165, 1.54) is 34.3 Å². The van der Waals surface area contributed by atoms with E-state index in [0.29, 0.717) is 18.7 Å². The molecule has 0 bridgehead atoms. The van der Waals surface area contributed by atoms with E-state index in [-0.39, 0.29) is 22.6 Å². The first-order valence-corrected chi connectivity index (χ1v) is 10.7. The van der Waals surface area contributed by atoms with Gasteiger partial charge in [-0.3, -0.25) is 9.10 Å². The maximum absolute atomic E-state index is 14.0. The molecule has 1 heterocycles. The predicted octanol–water partition coefficient (Wildman–Crippen LogP) is 3.23. The van der Waals surface area contributed by atoms with Crippen molar-refractivity contribution in [2.75, 3.05) is 27.7 Å². The van der Waals surface area contributed by atoms with Gasteiger partial charge in [0.1, 0.15) is 5.82 Å². The highest BCUT2D eigenvalue weighted by molar-refractivity contribution is 8.00. The molecule has 1 atom stereocenters. The number of thioether (sulfide) groups is 1. The summed E-state index contributed by atoms with van der Waals surface area (Å²) < 4.78 is 39.2. The minimum Gasteiger partial charge on any atom is -0.323 e. The van der Waals surface area contributed by atoms with Gasteiger partial charge in [0.25, 0.3) is 0 Å². The van der Waals surface area contributed by atoms with Crippen LogP contribution in [0, 0.1) is 5.82 Å². The summed E-state index contributed by atoms with van der Waals surface area (Å²) in [6.07, 6.45) is 2.63. The number of benzene rings is 1. The molecule has 1 saturated heterocycles. The molecule has 1 unspecified atom stereocenters. The molecule has 0 radical (unpaired) electrons. The van der Waals surface area contributed by atoms with Gasteiger partial charge < -0.3 is 5.32 Å². The Morgan fingerprint density at radius 1 is 1.46 bits per heavy atom. The van der Waals surface area contributed by atoms with Gasteiger partial charge in [-0.2, -0.15) is 0 Å². The number of hydrogen-bond donors (Lipinski definition) is 1. The smallest absolute Gasteiger partial charge is 0.237 e. The molecule has 0 aliphatic carbocycles. The summed E-state index contributed by atoms with van der Waals surface area (Å²) in [5, 5.41) is 2.28. The minimum atomic E-state index is -3.34. The van der Waals surface area contributed by atoms with E-state index in [0.717, 1.165) is 18.6 Å². The van der Waals surface area contributed by atoms with Crippen molar-refractivity contribution >= 4 is 39.1 Å². The van der Waals surface area contributed by atoms with Gasteiger partial charge in [0.2, 0.25) is 15.9 Å². The van der Waals surface area contributed by atoms with Crippen molar-refractivity contribution in [1.82, 2.24) is 0 Å². The van der Waals surface area contributed by atoms with Crippen LogP contribution in [-0.2, 0) is 14.8 Å². The number of unbranched alkanes of at least 4 members (excludes halogenated alkanes) is 1. The highest BCUT2D eigenvalue weighted by Crippen LogP contribution is 2.28. The van der Waals surface area contributed by atoms with Crippen molar-refractivity contribution in [2.45, 2.75) is 38.4 Å². The van der Waals surface area contributed by atoms with E-state index in [4.69, 9.17) is 0 Å². The van der Waals surface area contributed by atoms with Crippen molar-refractivity contribution < 1.29 is 17.6 Å². The third-order valence-corrected chi connectivity index (χ3v) is 6.94. The highest BCUT2D eigenvalue weighted by atomic mass is 32.2. The van der Waals surface area contributed by atoms with Crippen LogP contribution in [0.15, 0.2) is 18.2 Å². The zero-order valence-corrected chi connectivity index (χ0v) is 15.6. The van der Waals surface area contributed by atoms with E-state index >= 15 is 0 Å². The summed E-state index contributed by atoms with van der Waals surface area (Å²) in [7, 11) is -3.34. The zero-order valence-electron chi connectivity index (χ0n) is 13.9. The molecule has 1 aromatic rings. The largest absolute Gasteiger partial charge is 0.323 e. The van der Waals surface area contributed by atoms with Gasteiger partial charge in [-0.15, -0.1) is 11.8 Å². The summed E-state index contributed by atoms with van der Waals surface area (Å²) in [6, 6.07) is 4.00. The van der Waals surface area contributed by atoms with Gasteiger partial charge in [0.15, 0.2) is 0 Å².